The Hall–Kier alpha value is -2.66. The highest BCUT2D eigenvalue weighted by Crippen LogP contribution is 2.27. The molecule has 0 spiro atoms. The van der Waals surface area contributed by atoms with Crippen molar-refractivity contribution in [1.82, 2.24) is 14.7 Å². The molecule has 3 aromatic rings. The molecule has 0 atom stereocenters. The molecule has 1 aromatic carbocycles. The van der Waals surface area contributed by atoms with E-state index >= 15 is 0 Å². The minimum atomic E-state index is -0.0389. The van der Waals surface area contributed by atoms with Gasteiger partial charge in [0.2, 0.25) is 5.91 Å². The Morgan fingerprint density at radius 3 is 2.67 bits per heavy atom. The van der Waals surface area contributed by atoms with E-state index in [2.05, 4.69) is 12.1 Å². The van der Waals surface area contributed by atoms with Gasteiger partial charge in [0.25, 0.3) is 0 Å². The van der Waals surface area contributed by atoms with Crippen LogP contribution in [0.2, 0.25) is 0 Å². The van der Waals surface area contributed by atoms with Crippen LogP contribution in [0.15, 0.2) is 60.1 Å². The molecule has 0 radical (unpaired) electrons. The molecule has 5 heteroatoms. The first-order valence-electron chi connectivity index (χ1n) is 7.68. The smallest absolute Gasteiger partial charge is 0.246 e. The van der Waals surface area contributed by atoms with Crippen LogP contribution in [0.3, 0.4) is 0 Å². The van der Waals surface area contributed by atoms with E-state index in [-0.39, 0.29) is 5.91 Å². The number of aromatic nitrogens is 2. The predicted molar refractivity (Wildman–Crippen MR) is 98.8 cm³/mol. The topological polar surface area (TPSA) is 38.1 Å². The summed E-state index contributed by atoms with van der Waals surface area (Å²) >= 11 is 1.65. The maximum Gasteiger partial charge on any atom is 0.246 e. The number of carbonyl (C=O) groups excluding carboxylic acids is 1. The van der Waals surface area contributed by atoms with Gasteiger partial charge in [-0.1, -0.05) is 36.4 Å². The molecule has 0 saturated carbocycles. The lowest BCUT2D eigenvalue weighted by Crippen LogP contribution is -2.18. The molecule has 122 valence electrons. The second-order valence-electron chi connectivity index (χ2n) is 5.66. The lowest BCUT2D eigenvalue weighted by atomic mass is 10.2. The van der Waals surface area contributed by atoms with Gasteiger partial charge in [-0.25, -0.2) is 0 Å². The van der Waals surface area contributed by atoms with Crippen LogP contribution in [-0.2, 0) is 11.3 Å². The summed E-state index contributed by atoms with van der Waals surface area (Å²) in [6, 6.07) is 14.3. The van der Waals surface area contributed by atoms with Gasteiger partial charge in [-0.3, -0.25) is 9.48 Å². The van der Waals surface area contributed by atoms with Crippen LogP contribution in [0.4, 0.5) is 0 Å². The fourth-order valence-corrected chi connectivity index (χ4v) is 3.06. The summed E-state index contributed by atoms with van der Waals surface area (Å²) < 4.78 is 1.92. The molecule has 0 aliphatic rings. The third kappa shape index (κ3) is 3.81. The minimum Gasteiger partial charge on any atom is -0.345 e. The van der Waals surface area contributed by atoms with Crippen molar-refractivity contribution in [2.45, 2.75) is 6.54 Å². The molecule has 1 amide bonds. The van der Waals surface area contributed by atoms with E-state index in [0.29, 0.717) is 6.54 Å². The summed E-state index contributed by atoms with van der Waals surface area (Å²) in [5, 5.41) is 6.75. The van der Waals surface area contributed by atoms with Gasteiger partial charge in [0.15, 0.2) is 0 Å². The predicted octanol–water partition coefficient (Wildman–Crippen LogP) is 3.76. The van der Waals surface area contributed by atoms with Crippen LogP contribution in [0.1, 0.15) is 11.1 Å². The molecule has 0 N–H and O–H groups in total. The number of hydrogen-bond acceptors (Lipinski definition) is 3. The van der Waals surface area contributed by atoms with Gasteiger partial charge < -0.3 is 4.90 Å². The summed E-state index contributed by atoms with van der Waals surface area (Å²) in [6.45, 7) is 0.703. The fraction of sp³-hybridized carbons (Fsp3) is 0.158. The minimum absolute atomic E-state index is 0.0389. The van der Waals surface area contributed by atoms with Crippen LogP contribution in [0.25, 0.3) is 16.6 Å². The van der Waals surface area contributed by atoms with Crippen LogP contribution < -0.4 is 0 Å². The summed E-state index contributed by atoms with van der Waals surface area (Å²) in [4.78, 5) is 14.5. The molecule has 3 rings (SSSR count). The Bertz CT molecular complexity index is 833. The second-order valence-corrected chi connectivity index (χ2v) is 6.61. The molecule has 0 bridgehead atoms. The maximum absolute atomic E-state index is 11.8. The van der Waals surface area contributed by atoms with Crippen molar-refractivity contribution in [3.05, 3.63) is 71.2 Å². The molecule has 2 aromatic heterocycles. The van der Waals surface area contributed by atoms with Crippen molar-refractivity contribution >= 4 is 23.3 Å². The monoisotopic (exact) mass is 337 g/mol. The number of amides is 1. The van der Waals surface area contributed by atoms with Crippen LogP contribution in [0.5, 0.6) is 0 Å². The van der Waals surface area contributed by atoms with Gasteiger partial charge >= 0.3 is 0 Å². The number of nitrogens with zero attached hydrogens (tertiary/aromatic N) is 3. The van der Waals surface area contributed by atoms with Crippen molar-refractivity contribution in [3.63, 3.8) is 0 Å². The first-order chi connectivity index (χ1) is 11.6. The van der Waals surface area contributed by atoms with E-state index in [9.17, 15) is 4.79 Å². The van der Waals surface area contributed by atoms with E-state index in [1.54, 1.807) is 36.4 Å². The Morgan fingerprint density at radius 1 is 1.21 bits per heavy atom. The summed E-state index contributed by atoms with van der Waals surface area (Å²) in [5.41, 5.74) is 3.05. The van der Waals surface area contributed by atoms with E-state index in [0.717, 1.165) is 16.1 Å². The molecule has 0 unspecified atom stereocenters. The average molecular weight is 337 g/mol. The SMILES string of the molecule is CN(C)C(=O)/C=C/c1cn(Cc2ccccc2)nc1-c1cccs1. The molecule has 0 saturated heterocycles. The van der Waals surface area contributed by atoms with Crippen molar-refractivity contribution < 1.29 is 4.79 Å². The van der Waals surface area contributed by atoms with Gasteiger partial charge in [-0.05, 0) is 23.1 Å². The number of carbonyl (C=O) groups is 1. The largest absolute Gasteiger partial charge is 0.345 e. The zero-order valence-electron chi connectivity index (χ0n) is 13.7. The number of benzene rings is 1. The number of likely N-dealkylation sites (N-methyl/N-ethyl adjacent to an activating group) is 1. The van der Waals surface area contributed by atoms with E-state index in [1.165, 1.54) is 5.56 Å². The first kappa shape index (κ1) is 16.2. The van der Waals surface area contributed by atoms with Crippen molar-refractivity contribution in [2.24, 2.45) is 0 Å². The fourth-order valence-electron chi connectivity index (χ4n) is 2.33. The van der Waals surface area contributed by atoms with E-state index in [4.69, 9.17) is 5.10 Å². The highest BCUT2D eigenvalue weighted by molar-refractivity contribution is 7.13. The average Bonchev–Trinajstić information content (AvgIpc) is 3.22. The maximum atomic E-state index is 11.8. The number of thiophene rings is 1. The normalized spacial score (nSPS) is 11.1. The van der Waals surface area contributed by atoms with Crippen molar-refractivity contribution in [3.8, 4) is 10.6 Å². The molecule has 0 fully saturated rings. The van der Waals surface area contributed by atoms with Gasteiger partial charge in [0, 0.05) is 31.9 Å². The molecule has 24 heavy (non-hydrogen) atoms. The van der Waals surface area contributed by atoms with Crippen molar-refractivity contribution in [1.29, 1.82) is 0 Å². The lowest BCUT2D eigenvalue weighted by molar-refractivity contribution is -0.123. The van der Waals surface area contributed by atoms with E-state index in [1.807, 2.05) is 52.7 Å². The number of rotatable bonds is 5. The van der Waals surface area contributed by atoms with Gasteiger partial charge in [0.05, 0.1) is 11.4 Å². The first-order valence-corrected chi connectivity index (χ1v) is 8.56. The molecule has 4 nitrogen and oxygen atoms in total. The highest BCUT2D eigenvalue weighted by Gasteiger charge is 2.11. The Kier molecular flexibility index (Phi) is 4.91. The van der Waals surface area contributed by atoms with Crippen LogP contribution in [0, 0.1) is 0 Å². The van der Waals surface area contributed by atoms with Gasteiger partial charge in [0.1, 0.15) is 5.69 Å². The summed E-state index contributed by atoms with van der Waals surface area (Å²) in [5.74, 6) is -0.0389. The molecule has 2 heterocycles. The Labute approximate surface area is 145 Å². The number of hydrogen-bond donors (Lipinski definition) is 0. The Morgan fingerprint density at radius 2 is 2.00 bits per heavy atom. The lowest BCUT2D eigenvalue weighted by Gasteiger charge is -2.04. The zero-order valence-corrected chi connectivity index (χ0v) is 14.5. The standard InChI is InChI=1S/C19H19N3OS/c1-21(2)18(23)11-10-16-14-22(13-15-7-4-3-5-8-15)20-19(16)17-9-6-12-24-17/h3-12,14H,13H2,1-2H3/b11-10+. The highest BCUT2D eigenvalue weighted by atomic mass is 32.1. The molecular formula is C19H19N3OS. The second kappa shape index (κ2) is 7.27. The van der Waals surface area contributed by atoms with Gasteiger partial charge in [-0.2, -0.15) is 5.10 Å². The third-order valence-corrected chi connectivity index (χ3v) is 4.45. The van der Waals surface area contributed by atoms with E-state index < -0.39 is 0 Å². The van der Waals surface area contributed by atoms with Crippen molar-refractivity contribution in [2.75, 3.05) is 14.1 Å². The summed E-state index contributed by atoms with van der Waals surface area (Å²) in [7, 11) is 3.48. The Balaban J connectivity index is 1.92. The quantitative estimate of drug-likeness (QED) is 0.665. The third-order valence-electron chi connectivity index (χ3n) is 3.58. The molecule has 0 aliphatic carbocycles. The summed E-state index contributed by atoms with van der Waals surface area (Å²) in [6.07, 6.45) is 5.41. The molecule has 0 aliphatic heterocycles. The zero-order chi connectivity index (χ0) is 16.9. The van der Waals surface area contributed by atoms with Gasteiger partial charge in [-0.15, -0.1) is 11.3 Å². The van der Waals surface area contributed by atoms with Crippen LogP contribution in [-0.4, -0.2) is 34.7 Å². The molecular weight excluding hydrogens is 318 g/mol. The van der Waals surface area contributed by atoms with Crippen LogP contribution >= 0.6 is 11.3 Å².